The van der Waals surface area contributed by atoms with Crippen molar-refractivity contribution in [2.45, 2.75) is 11.4 Å². The van der Waals surface area contributed by atoms with Crippen LogP contribution in [0.4, 0.5) is 0 Å². The lowest BCUT2D eigenvalue weighted by atomic mass is 10.2. The molecule has 0 saturated carbocycles. The molecule has 2 aromatic heterocycles. The minimum absolute atomic E-state index is 0.0867. The van der Waals surface area contributed by atoms with Gasteiger partial charge in [-0.1, -0.05) is 17.3 Å². The summed E-state index contributed by atoms with van der Waals surface area (Å²) in [6, 6.07) is 14.8. The maximum absolute atomic E-state index is 12.6. The quantitative estimate of drug-likeness (QED) is 0.506. The van der Waals surface area contributed by atoms with Crippen LogP contribution >= 0.6 is 11.8 Å². The van der Waals surface area contributed by atoms with Crippen LogP contribution in [0.15, 0.2) is 67.5 Å². The first-order valence-corrected chi connectivity index (χ1v) is 9.46. The highest BCUT2D eigenvalue weighted by molar-refractivity contribution is 7.98. The molecule has 0 aliphatic rings. The number of hydrogen-bond donors (Lipinski definition) is 0. The van der Waals surface area contributed by atoms with Crippen molar-refractivity contribution >= 4 is 22.7 Å². The monoisotopic (exact) mass is 380 g/mol. The van der Waals surface area contributed by atoms with Gasteiger partial charge in [-0.3, -0.25) is 13.9 Å². The highest BCUT2D eigenvalue weighted by atomic mass is 32.2. The molecule has 0 spiro atoms. The van der Waals surface area contributed by atoms with Crippen molar-refractivity contribution in [1.82, 2.24) is 19.3 Å². The molecule has 0 amide bonds. The Morgan fingerprint density at radius 3 is 2.56 bits per heavy atom. The van der Waals surface area contributed by atoms with E-state index in [1.165, 1.54) is 11.6 Å². The standard InChI is InChI=1S/C19H16N4O3S/c1-22-18(24)14-5-3-4-6-15(14)23(19(22)25)11-16-20-17(21-26-16)12-7-9-13(27-2)10-8-12/h3-10H,11H2,1-2H3. The third kappa shape index (κ3) is 3.08. The fourth-order valence-corrected chi connectivity index (χ4v) is 3.31. The summed E-state index contributed by atoms with van der Waals surface area (Å²) in [7, 11) is 1.46. The molecule has 0 fully saturated rings. The maximum atomic E-state index is 12.6. The molecule has 4 rings (SSSR count). The Labute approximate surface area is 158 Å². The van der Waals surface area contributed by atoms with E-state index in [0.29, 0.717) is 22.6 Å². The van der Waals surface area contributed by atoms with Gasteiger partial charge in [0.25, 0.3) is 5.56 Å². The Balaban J connectivity index is 1.74. The molecule has 4 aromatic rings. The summed E-state index contributed by atoms with van der Waals surface area (Å²) in [5, 5.41) is 4.48. The zero-order chi connectivity index (χ0) is 19.0. The molecule has 2 aromatic carbocycles. The van der Waals surface area contributed by atoms with E-state index in [1.54, 1.807) is 36.0 Å². The molecule has 0 saturated heterocycles. The summed E-state index contributed by atoms with van der Waals surface area (Å²) in [5.74, 6) is 0.754. The number of fused-ring (bicyclic) bond motifs is 1. The van der Waals surface area contributed by atoms with Crippen LogP contribution < -0.4 is 11.2 Å². The predicted molar refractivity (Wildman–Crippen MR) is 104 cm³/mol. The average Bonchev–Trinajstić information content (AvgIpc) is 3.18. The number of para-hydroxylation sites is 1. The first-order chi connectivity index (χ1) is 13.1. The number of benzene rings is 2. The van der Waals surface area contributed by atoms with Gasteiger partial charge in [-0.25, -0.2) is 4.79 Å². The Morgan fingerprint density at radius 1 is 1.07 bits per heavy atom. The van der Waals surface area contributed by atoms with E-state index in [4.69, 9.17) is 4.52 Å². The first-order valence-electron chi connectivity index (χ1n) is 8.24. The van der Waals surface area contributed by atoms with Crippen molar-refractivity contribution in [2.24, 2.45) is 7.05 Å². The molecule has 0 aliphatic heterocycles. The third-order valence-corrected chi connectivity index (χ3v) is 5.10. The maximum Gasteiger partial charge on any atom is 0.331 e. The van der Waals surface area contributed by atoms with Gasteiger partial charge in [-0.15, -0.1) is 11.8 Å². The molecule has 0 atom stereocenters. The normalized spacial score (nSPS) is 11.2. The van der Waals surface area contributed by atoms with E-state index in [-0.39, 0.29) is 12.1 Å². The lowest BCUT2D eigenvalue weighted by Crippen LogP contribution is -2.38. The van der Waals surface area contributed by atoms with Crippen molar-refractivity contribution in [3.8, 4) is 11.4 Å². The van der Waals surface area contributed by atoms with E-state index in [2.05, 4.69) is 10.1 Å². The number of aromatic nitrogens is 4. The fraction of sp³-hybridized carbons (Fsp3) is 0.158. The van der Waals surface area contributed by atoms with Gasteiger partial charge in [0, 0.05) is 17.5 Å². The highest BCUT2D eigenvalue weighted by Gasteiger charge is 2.14. The lowest BCUT2D eigenvalue weighted by Gasteiger charge is -2.09. The highest BCUT2D eigenvalue weighted by Crippen LogP contribution is 2.21. The smallest absolute Gasteiger partial charge is 0.331 e. The summed E-state index contributed by atoms with van der Waals surface area (Å²) < 4.78 is 7.89. The Hall–Kier alpha value is -3.13. The summed E-state index contributed by atoms with van der Waals surface area (Å²) in [6.45, 7) is 0.0867. The average molecular weight is 380 g/mol. The van der Waals surface area contributed by atoms with E-state index in [9.17, 15) is 9.59 Å². The molecular formula is C19H16N4O3S. The van der Waals surface area contributed by atoms with Gasteiger partial charge in [-0.2, -0.15) is 4.98 Å². The van der Waals surface area contributed by atoms with E-state index in [1.807, 2.05) is 30.5 Å². The Morgan fingerprint density at radius 2 is 1.81 bits per heavy atom. The number of hydrogen-bond acceptors (Lipinski definition) is 6. The molecule has 0 N–H and O–H groups in total. The van der Waals surface area contributed by atoms with Crippen LogP contribution in [0, 0.1) is 0 Å². The van der Waals surface area contributed by atoms with E-state index < -0.39 is 5.69 Å². The van der Waals surface area contributed by atoms with E-state index >= 15 is 0 Å². The lowest BCUT2D eigenvalue weighted by molar-refractivity contribution is 0.370. The van der Waals surface area contributed by atoms with E-state index in [0.717, 1.165) is 15.0 Å². The van der Waals surface area contributed by atoms with Crippen molar-refractivity contribution in [3.63, 3.8) is 0 Å². The molecular weight excluding hydrogens is 364 g/mol. The van der Waals surface area contributed by atoms with Crippen LogP contribution in [-0.2, 0) is 13.6 Å². The molecule has 0 aliphatic carbocycles. The summed E-state index contributed by atoms with van der Waals surface area (Å²) >= 11 is 1.65. The van der Waals surface area contributed by atoms with Crippen molar-refractivity contribution in [3.05, 3.63) is 75.3 Å². The van der Waals surface area contributed by atoms with Gasteiger partial charge >= 0.3 is 5.69 Å². The molecule has 0 unspecified atom stereocenters. The van der Waals surface area contributed by atoms with Crippen LogP contribution in [0.5, 0.6) is 0 Å². The van der Waals surface area contributed by atoms with Gasteiger partial charge in [-0.05, 0) is 42.7 Å². The summed E-state index contributed by atoms with van der Waals surface area (Å²) in [6.07, 6.45) is 2.01. The second-order valence-corrected chi connectivity index (χ2v) is 6.87. The van der Waals surface area contributed by atoms with Crippen molar-refractivity contribution in [1.29, 1.82) is 0 Å². The first kappa shape index (κ1) is 17.3. The summed E-state index contributed by atoms with van der Waals surface area (Å²) in [4.78, 5) is 30.4. The van der Waals surface area contributed by atoms with Crippen LogP contribution in [-0.4, -0.2) is 25.5 Å². The molecule has 0 bridgehead atoms. The molecule has 27 heavy (non-hydrogen) atoms. The minimum Gasteiger partial charge on any atom is -0.337 e. The zero-order valence-electron chi connectivity index (χ0n) is 14.7. The van der Waals surface area contributed by atoms with Gasteiger partial charge in [0.1, 0.15) is 6.54 Å². The second-order valence-electron chi connectivity index (χ2n) is 5.99. The van der Waals surface area contributed by atoms with Gasteiger partial charge in [0.15, 0.2) is 0 Å². The third-order valence-electron chi connectivity index (χ3n) is 4.36. The Bertz CT molecular complexity index is 1240. The van der Waals surface area contributed by atoms with Crippen LogP contribution in [0.25, 0.3) is 22.3 Å². The van der Waals surface area contributed by atoms with Crippen LogP contribution in [0.3, 0.4) is 0 Å². The van der Waals surface area contributed by atoms with Crippen molar-refractivity contribution in [2.75, 3.05) is 6.26 Å². The molecule has 2 heterocycles. The number of thioether (sulfide) groups is 1. The van der Waals surface area contributed by atoms with Gasteiger partial charge in [0.2, 0.25) is 11.7 Å². The Kier molecular flexibility index (Phi) is 4.41. The van der Waals surface area contributed by atoms with Crippen LogP contribution in [0.1, 0.15) is 5.89 Å². The molecule has 136 valence electrons. The predicted octanol–water partition coefficient (Wildman–Crippen LogP) is 2.52. The topological polar surface area (TPSA) is 82.9 Å². The van der Waals surface area contributed by atoms with Crippen molar-refractivity contribution < 1.29 is 4.52 Å². The molecule has 0 radical (unpaired) electrons. The number of rotatable bonds is 4. The summed E-state index contributed by atoms with van der Waals surface area (Å²) in [5.41, 5.74) is 0.616. The van der Waals surface area contributed by atoms with Gasteiger partial charge in [0.05, 0.1) is 10.9 Å². The largest absolute Gasteiger partial charge is 0.337 e. The SMILES string of the molecule is CSc1ccc(-c2noc(Cn3c(=O)n(C)c(=O)c4ccccc43)n2)cc1. The minimum atomic E-state index is -0.428. The fourth-order valence-electron chi connectivity index (χ4n) is 2.91. The zero-order valence-corrected chi connectivity index (χ0v) is 15.6. The number of nitrogens with zero attached hydrogens (tertiary/aromatic N) is 4. The second kappa shape index (κ2) is 6.88. The molecule has 7 nitrogen and oxygen atoms in total. The van der Waals surface area contributed by atoms with Crippen LogP contribution in [0.2, 0.25) is 0 Å². The van der Waals surface area contributed by atoms with Gasteiger partial charge < -0.3 is 4.52 Å². The molecule has 8 heteroatoms.